The van der Waals surface area contributed by atoms with E-state index in [1.54, 1.807) is 25.4 Å². The fraction of sp³-hybridized carbons (Fsp3) is 0.190. The van der Waals surface area contributed by atoms with E-state index in [1.165, 1.54) is 0 Å². The lowest BCUT2D eigenvalue weighted by atomic mass is 10.0. The quantitative estimate of drug-likeness (QED) is 0.479. The molecule has 0 bridgehead atoms. The van der Waals surface area contributed by atoms with Gasteiger partial charge < -0.3 is 9.26 Å². The van der Waals surface area contributed by atoms with Crippen LogP contribution in [0.2, 0.25) is 0 Å². The molecule has 0 saturated heterocycles. The Morgan fingerprint density at radius 1 is 1.15 bits per heavy atom. The number of benzene rings is 2. The second-order valence-electron chi connectivity index (χ2n) is 5.73. The van der Waals surface area contributed by atoms with E-state index < -0.39 is 6.04 Å². The maximum absolute atomic E-state index is 12.3. The molecule has 3 rings (SSSR count). The molecular formula is C21H20N2O3. The van der Waals surface area contributed by atoms with E-state index in [-0.39, 0.29) is 5.97 Å². The Labute approximate surface area is 152 Å². The number of ether oxygens (including phenoxy) is 1. The molecule has 3 aromatic rings. The molecule has 2 aromatic carbocycles. The number of nitrogens with zero attached hydrogens (tertiary/aromatic N) is 2. The molecule has 0 unspecified atom stereocenters. The van der Waals surface area contributed by atoms with Crippen LogP contribution in [0, 0.1) is 0 Å². The standard InChI is InChI=1S/C21H20N2O3/c1-2-25-21(24)19(22-15-17-6-4-3-5-7-17)14-16-8-10-18(11-9-16)20-12-13-23-26-20/h3-13,15,19H,2,14H2,1H3/t19-/m0/s1. The summed E-state index contributed by atoms with van der Waals surface area (Å²) in [5.41, 5.74) is 2.88. The lowest BCUT2D eigenvalue weighted by Crippen LogP contribution is -2.24. The maximum Gasteiger partial charge on any atom is 0.331 e. The van der Waals surface area contributed by atoms with Crippen LogP contribution in [0.15, 0.2) is 76.4 Å². The lowest BCUT2D eigenvalue weighted by molar-refractivity contribution is -0.144. The SMILES string of the molecule is CCOC(=O)[C@H](Cc1ccc(-c2ccno2)cc1)N=Cc1ccccc1. The molecule has 0 aliphatic rings. The van der Waals surface area contributed by atoms with Crippen molar-refractivity contribution >= 4 is 12.2 Å². The van der Waals surface area contributed by atoms with Crippen molar-refractivity contribution in [3.05, 3.63) is 78.0 Å². The van der Waals surface area contributed by atoms with Crippen molar-refractivity contribution in [3.8, 4) is 11.3 Å². The number of carbonyl (C=O) groups excluding carboxylic acids is 1. The molecule has 132 valence electrons. The molecule has 0 spiro atoms. The third-order valence-electron chi connectivity index (χ3n) is 3.87. The maximum atomic E-state index is 12.3. The molecule has 0 fully saturated rings. The average molecular weight is 348 g/mol. The van der Waals surface area contributed by atoms with Crippen LogP contribution >= 0.6 is 0 Å². The van der Waals surface area contributed by atoms with Crippen LogP contribution in [0.5, 0.6) is 0 Å². The fourth-order valence-electron chi connectivity index (χ4n) is 2.54. The Hall–Kier alpha value is -3.21. The molecule has 0 saturated carbocycles. The molecule has 0 radical (unpaired) electrons. The Bertz CT molecular complexity index is 841. The van der Waals surface area contributed by atoms with E-state index in [1.807, 2.05) is 54.6 Å². The largest absolute Gasteiger partial charge is 0.464 e. The number of carbonyl (C=O) groups is 1. The number of aromatic nitrogens is 1. The number of hydrogen-bond acceptors (Lipinski definition) is 5. The van der Waals surface area contributed by atoms with Gasteiger partial charge in [-0.1, -0.05) is 59.8 Å². The molecule has 0 aliphatic heterocycles. The third kappa shape index (κ3) is 4.66. The van der Waals surface area contributed by atoms with Crippen LogP contribution in [0.4, 0.5) is 0 Å². The zero-order valence-electron chi connectivity index (χ0n) is 14.5. The minimum atomic E-state index is -0.578. The van der Waals surface area contributed by atoms with Crippen LogP contribution < -0.4 is 0 Å². The van der Waals surface area contributed by atoms with Gasteiger partial charge in [0.15, 0.2) is 11.8 Å². The highest BCUT2D eigenvalue weighted by atomic mass is 16.5. The summed E-state index contributed by atoms with van der Waals surface area (Å²) in [6, 6.07) is 18.7. The van der Waals surface area contributed by atoms with Crippen molar-refractivity contribution in [3.63, 3.8) is 0 Å². The van der Waals surface area contributed by atoms with Gasteiger partial charge in [-0.05, 0) is 18.1 Å². The van der Waals surface area contributed by atoms with Gasteiger partial charge in [0.2, 0.25) is 0 Å². The summed E-state index contributed by atoms with van der Waals surface area (Å²) < 4.78 is 10.3. The number of aliphatic imine (C=N–C) groups is 1. The van der Waals surface area contributed by atoms with Crippen LogP contribution in [-0.2, 0) is 16.0 Å². The zero-order valence-corrected chi connectivity index (χ0v) is 14.5. The summed E-state index contributed by atoms with van der Waals surface area (Å²) in [6.45, 7) is 2.13. The highest BCUT2D eigenvalue weighted by Gasteiger charge is 2.19. The molecule has 5 nitrogen and oxygen atoms in total. The first kappa shape index (κ1) is 17.6. The van der Waals surface area contributed by atoms with Crippen molar-refractivity contribution in [1.82, 2.24) is 5.16 Å². The zero-order chi connectivity index (χ0) is 18.2. The van der Waals surface area contributed by atoms with Crippen molar-refractivity contribution < 1.29 is 14.1 Å². The number of hydrogen-bond donors (Lipinski definition) is 0. The van der Waals surface area contributed by atoms with Crippen LogP contribution in [0.25, 0.3) is 11.3 Å². The topological polar surface area (TPSA) is 64.7 Å². The van der Waals surface area contributed by atoms with E-state index in [9.17, 15) is 4.79 Å². The molecule has 0 aliphatic carbocycles. The minimum absolute atomic E-state index is 0.320. The monoisotopic (exact) mass is 348 g/mol. The average Bonchev–Trinajstić information content (AvgIpc) is 3.21. The summed E-state index contributed by atoms with van der Waals surface area (Å²) in [6.07, 6.45) is 3.79. The number of esters is 1. The molecule has 1 atom stereocenters. The summed E-state index contributed by atoms with van der Waals surface area (Å²) in [5, 5.41) is 3.71. The smallest absolute Gasteiger partial charge is 0.331 e. The van der Waals surface area contributed by atoms with Crippen molar-refractivity contribution in [2.24, 2.45) is 4.99 Å². The molecule has 1 heterocycles. The normalized spacial score (nSPS) is 12.2. The van der Waals surface area contributed by atoms with Gasteiger partial charge >= 0.3 is 5.97 Å². The lowest BCUT2D eigenvalue weighted by Gasteiger charge is -2.12. The van der Waals surface area contributed by atoms with Crippen molar-refractivity contribution in [2.45, 2.75) is 19.4 Å². The second kappa shape index (κ2) is 8.76. The van der Waals surface area contributed by atoms with Gasteiger partial charge in [0, 0.05) is 24.3 Å². The molecular weight excluding hydrogens is 328 g/mol. The van der Waals surface area contributed by atoms with Gasteiger partial charge in [0.1, 0.15) is 0 Å². The highest BCUT2D eigenvalue weighted by molar-refractivity contribution is 5.84. The Balaban J connectivity index is 1.74. The predicted molar refractivity (Wildman–Crippen MR) is 100 cm³/mol. The van der Waals surface area contributed by atoms with Gasteiger partial charge in [-0.25, -0.2) is 4.79 Å². The molecule has 0 amide bonds. The summed E-state index contributed by atoms with van der Waals surface area (Å²) >= 11 is 0. The van der Waals surface area contributed by atoms with Gasteiger partial charge in [0.05, 0.1) is 12.8 Å². The second-order valence-corrected chi connectivity index (χ2v) is 5.73. The number of rotatable bonds is 7. The Morgan fingerprint density at radius 3 is 2.58 bits per heavy atom. The van der Waals surface area contributed by atoms with Crippen LogP contribution in [0.1, 0.15) is 18.1 Å². The summed E-state index contributed by atoms with van der Waals surface area (Å²) in [5.74, 6) is 0.389. The molecule has 1 aromatic heterocycles. The van der Waals surface area contributed by atoms with E-state index >= 15 is 0 Å². The fourth-order valence-corrected chi connectivity index (χ4v) is 2.54. The molecule has 5 heteroatoms. The first-order chi connectivity index (χ1) is 12.8. The third-order valence-corrected chi connectivity index (χ3v) is 3.87. The first-order valence-electron chi connectivity index (χ1n) is 8.51. The minimum Gasteiger partial charge on any atom is -0.464 e. The molecule has 26 heavy (non-hydrogen) atoms. The highest BCUT2D eigenvalue weighted by Crippen LogP contribution is 2.20. The van der Waals surface area contributed by atoms with Crippen molar-refractivity contribution in [2.75, 3.05) is 6.61 Å². The molecule has 0 N–H and O–H groups in total. The van der Waals surface area contributed by atoms with E-state index in [0.717, 1.165) is 16.7 Å². The summed E-state index contributed by atoms with van der Waals surface area (Å²) in [7, 11) is 0. The Kier molecular flexibility index (Phi) is 5.93. The first-order valence-corrected chi connectivity index (χ1v) is 8.51. The predicted octanol–water partition coefficient (Wildman–Crippen LogP) is 3.93. The Morgan fingerprint density at radius 2 is 1.92 bits per heavy atom. The van der Waals surface area contributed by atoms with Crippen LogP contribution in [0.3, 0.4) is 0 Å². The van der Waals surface area contributed by atoms with E-state index in [2.05, 4.69) is 10.1 Å². The van der Waals surface area contributed by atoms with E-state index in [0.29, 0.717) is 18.8 Å². The van der Waals surface area contributed by atoms with Gasteiger partial charge in [-0.15, -0.1) is 0 Å². The van der Waals surface area contributed by atoms with E-state index in [4.69, 9.17) is 9.26 Å². The van der Waals surface area contributed by atoms with Gasteiger partial charge in [-0.2, -0.15) is 0 Å². The van der Waals surface area contributed by atoms with Crippen molar-refractivity contribution in [1.29, 1.82) is 0 Å². The van der Waals surface area contributed by atoms with Crippen LogP contribution in [-0.4, -0.2) is 30.0 Å². The van der Waals surface area contributed by atoms with Gasteiger partial charge in [0.25, 0.3) is 0 Å². The van der Waals surface area contributed by atoms with Gasteiger partial charge in [-0.3, -0.25) is 4.99 Å². The summed E-state index contributed by atoms with van der Waals surface area (Å²) in [4.78, 5) is 16.7.